The van der Waals surface area contributed by atoms with Gasteiger partial charge in [0.1, 0.15) is 17.5 Å². The Labute approximate surface area is 137 Å². The predicted molar refractivity (Wildman–Crippen MR) is 90.4 cm³/mol. The Hall–Kier alpha value is -3.28. The van der Waals surface area contributed by atoms with Crippen molar-refractivity contribution in [3.63, 3.8) is 0 Å². The standard InChI is InChI=1S/C18H14N4O2/c1-21-5-15(19-9-21)14-8-23-17-3-11-7-24-18(12(11)4-13(14)17)16-6-22(2)10-20-16/h3-10H,1-2H3. The van der Waals surface area contributed by atoms with Gasteiger partial charge in [-0.2, -0.15) is 0 Å². The van der Waals surface area contributed by atoms with Crippen molar-refractivity contribution in [3.05, 3.63) is 49.7 Å². The molecule has 0 fully saturated rings. The van der Waals surface area contributed by atoms with Crippen LogP contribution in [0.25, 0.3) is 44.5 Å². The maximum absolute atomic E-state index is 5.77. The Bertz CT molecular complexity index is 1100. The molecule has 0 saturated carbocycles. The number of hydrogen-bond donors (Lipinski definition) is 0. The van der Waals surface area contributed by atoms with Crippen molar-refractivity contribution in [2.75, 3.05) is 0 Å². The SMILES string of the molecule is Cn1cnc(-c2occ3cc4occ(-c5cn(C)cn5)c4cc23)c1. The molecule has 4 aromatic heterocycles. The Morgan fingerprint density at radius 1 is 0.833 bits per heavy atom. The van der Waals surface area contributed by atoms with Gasteiger partial charge in [0.2, 0.25) is 0 Å². The third kappa shape index (κ3) is 1.83. The number of rotatable bonds is 2. The molecule has 0 atom stereocenters. The molecule has 0 N–H and O–H groups in total. The van der Waals surface area contributed by atoms with Gasteiger partial charge in [0, 0.05) is 48.2 Å². The molecular formula is C18H14N4O2. The van der Waals surface area contributed by atoms with Crippen LogP contribution < -0.4 is 0 Å². The molecule has 0 aliphatic rings. The van der Waals surface area contributed by atoms with Crippen molar-refractivity contribution in [2.24, 2.45) is 14.1 Å². The maximum atomic E-state index is 5.77. The predicted octanol–water partition coefficient (Wildman–Crippen LogP) is 3.98. The summed E-state index contributed by atoms with van der Waals surface area (Å²) in [4.78, 5) is 8.81. The van der Waals surface area contributed by atoms with E-state index in [0.717, 1.165) is 44.5 Å². The highest BCUT2D eigenvalue weighted by atomic mass is 16.3. The van der Waals surface area contributed by atoms with E-state index < -0.39 is 0 Å². The van der Waals surface area contributed by atoms with Gasteiger partial charge < -0.3 is 18.0 Å². The minimum absolute atomic E-state index is 0.765. The number of nitrogens with zero attached hydrogens (tertiary/aromatic N) is 4. The first-order valence-corrected chi connectivity index (χ1v) is 7.58. The van der Waals surface area contributed by atoms with Crippen LogP contribution in [0.2, 0.25) is 0 Å². The fourth-order valence-corrected chi connectivity index (χ4v) is 3.05. The van der Waals surface area contributed by atoms with E-state index in [1.807, 2.05) is 41.7 Å². The van der Waals surface area contributed by atoms with E-state index in [-0.39, 0.29) is 0 Å². The number of benzene rings is 1. The van der Waals surface area contributed by atoms with Crippen LogP contribution in [0.1, 0.15) is 0 Å². The van der Waals surface area contributed by atoms with Gasteiger partial charge in [-0.3, -0.25) is 0 Å². The third-order valence-electron chi connectivity index (χ3n) is 4.21. The molecule has 0 aliphatic carbocycles. The normalized spacial score (nSPS) is 11.8. The number of hydrogen-bond acceptors (Lipinski definition) is 4. The first kappa shape index (κ1) is 13.2. The van der Waals surface area contributed by atoms with Gasteiger partial charge in [0.05, 0.1) is 24.6 Å². The number of furan rings is 2. The molecule has 0 radical (unpaired) electrons. The molecular weight excluding hydrogens is 304 g/mol. The zero-order chi connectivity index (χ0) is 16.3. The first-order valence-electron chi connectivity index (χ1n) is 7.58. The number of aryl methyl sites for hydroxylation is 2. The number of imidazole rings is 2. The average molecular weight is 318 g/mol. The van der Waals surface area contributed by atoms with Gasteiger partial charge in [0.15, 0.2) is 5.76 Å². The summed E-state index contributed by atoms with van der Waals surface area (Å²) in [7, 11) is 3.89. The summed E-state index contributed by atoms with van der Waals surface area (Å²) in [6.45, 7) is 0. The molecule has 1 aromatic carbocycles. The lowest BCUT2D eigenvalue weighted by molar-refractivity contribution is 0.585. The lowest BCUT2D eigenvalue weighted by Crippen LogP contribution is -1.79. The Kier molecular flexibility index (Phi) is 2.53. The Morgan fingerprint density at radius 3 is 2.29 bits per heavy atom. The summed E-state index contributed by atoms with van der Waals surface area (Å²) in [5.41, 5.74) is 3.49. The summed E-state index contributed by atoms with van der Waals surface area (Å²) in [5.74, 6) is 0.765. The summed E-state index contributed by atoms with van der Waals surface area (Å²) >= 11 is 0. The van der Waals surface area contributed by atoms with Gasteiger partial charge in [-0.25, -0.2) is 9.97 Å². The highest BCUT2D eigenvalue weighted by molar-refractivity contribution is 6.06. The van der Waals surface area contributed by atoms with Gasteiger partial charge in [0.25, 0.3) is 0 Å². The topological polar surface area (TPSA) is 61.9 Å². The summed E-state index contributed by atoms with van der Waals surface area (Å²) < 4.78 is 15.3. The van der Waals surface area contributed by atoms with Crippen molar-refractivity contribution in [1.29, 1.82) is 0 Å². The van der Waals surface area contributed by atoms with E-state index in [1.165, 1.54) is 0 Å². The van der Waals surface area contributed by atoms with E-state index >= 15 is 0 Å². The van der Waals surface area contributed by atoms with Crippen LogP contribution in [0.3, 0.4) is 0 Å². The average Bonchev–Trinajstić information content (AvgIpc) is 3.31. The lowest BCUT2D eigenvalue weighted by Gasteiger charge is -1.96. The van der Waals surface area contributed by atoms with E-state index in [0.29, 0.717) is 0 Å². The van der Waals surface area contributed by atoms with E-state index in [4.69, 9.17) is 8.83 Å². The van der Waals surface area contributed by atoms with Crippen LogP contribution in [0.5, 0.6) is 0 Å². The van der Waals surface area contributed by atoms with Crippen molar-refractivity contribution < 1.29 is 8.83 Å². The molecule has 5 rings (SSSR count). The first-order chi connectivity index (χ1) is 11.7. The van der Waals surface area contributed by atoms with Crippen LogP contribution in [0.15, 0.2) is 58.5 Å². The number of aromatic nitrogens is 4. The molecule has 118 valence electrons. The maximum Gasteiger partial charge on any atom is 0.161 e. The molecule has 5 aromatic rings. The zero-order valence-corrected chi connectivity index (χ0v) is 13.2. The minimum atomic E-state index is 0.765. The smallest absolute Gasteiger partial charge is 0.161 e. The second kappa shape index (κ2) is 4.61. The van der Waals surface area contributed by atoms with Crippen LogP contribution in [0, 0.1) is 0 Å². The third-order valence-corrected chi connectivity index (χ3v) is 4.21. The van der Waals surface area contributed by atoms with Crippen LogP contribution in [-0.2, 0) is 14.1 Å². The molecule has 0 aliphatic heterocycles. The fourth-order valence-electron chi connectivity index (χ4n) is 3.05. The molecule has 6 nitrogen and oxygen atoms in total. The van der Waals surface area contributed by atoms with Gasteiger partial charge >= 0.3 is 0 Å². The molecule has 6 heteroatoms. The molecule has 0 amide bonds. The fraction of sp³-hybridized carbons (Fsp3) is 0.111. The van der Waals surface area contributed by atoms with Gasteiger partial charge in [-0.05, 0) is 12.1 Å². The van der Waals surface area contributed by atoms with E-state index in [1.54, 1.807) is 25.2 Å². The van der Waals surface area contributed by atoms with Crippen LogP contribution >= 0.6 is 0 Å². The lowest BCUT2D eigenvalue weighted by atomic mass is 10.1. The Balaban J connectivity index is 1.78. The van der Waals surface area contributed by atoms with E-state index in [9.17, 15) is 0 Å². The minimum Gasteiger partial charge on any atom is -0.464 e. The monoisotopic (exact) mass is 318 g/mol. The largest absolute Gasteiger partial charge is 0.464 e. The Morgan fingerprint density at radius 2 is 1.58 bits per heavy atom. The van der Waals surface area contributed by atoms with Crippen LogP contribution in [0.4, 0.5) is 0 Å². The summed E-state index contributed by atoms with van der Waals surface area (Å²) in [6.07, 6.45) is 11.0. The second-order valence-corrected chi connectivity index (χ2v) is 6.00. The molecule has 0 saturated heterocycles. The van der Waals surface area contributed by atoms with Crippen LogP contribution in [-0.4, -0.2) is 19.1 Å². The van der Waals surface area contributed by atoms with Gasteiger partial charge in [-0.15, -0.1) is 0 Å². The van der Waals surface area contributed by atoms with E-state index in [2.05, 4.69) is 16.0 Å². The molecule has 0 unspecified atom stereocenters. The summed E-state index contributed by atoms with van der Waals surface area (Å²) in [5, 5.41) is 3.02. The number of fused-ring (bicyclic) bond motifs is 2. The molecule has 24 heavy (non-hydrogen) atoms. The van der Waals surface area contributed by atoms with Crippen molar-refractivity contribution in [2.45, 2.75) is 0 Å². The molecule has 4 heterocycles. The zero-order valence-electron chi connectivity index (χ0n) is 13.2. The van der Waals surface area contributed by atoms with Gasteiger partial charge in [-0.1, -0.05) is 0 Å². The highest BCUT2D eigenvalue weighted by Gasteiger charge is 2.16. The summed E-state index contributed by atoms with van der Waals surface area (Å²) in [6, 6.07) is 4.08. The molecule has 0 bridgehead atoms. The second-order valence-electron chi connectivity index (χ2n) is 6.00. The van der Waals surface area contributed by atoms with Crippen molar-refractivity contribution in [3.8, 4) is 22.7 Å². The van der Waals surface area contributed by atoms with Crippen molar-refractivity contribution in [1.82, 2.24) is 19.1 Å². The van der Waals surface area contributed by atoms with Crippen molar-refractivity contribution >= 4 is 21.7 Å². The molecule has 0 spiro atoms. The quantitative estimate of drug-likeness (QED) is 0.494. The highest BCUT2D eigenvalue weighted by Crippen LogP contribution is 2.37.